The van der Waals surface area contributed by atoms with Crippen LogP contribution in [-0.2, 0) is 9.59 Å². The van der Waals surface area contributed by atoms with Crippen LogP contribution in [0.2, 0.25) is 5.02 Å². The maximum atomic E-state index is 12.5. The minimum atomic E-state index is -0.622. The molecule has 0 radical (unpaired) electrons. The number of ether oxygens (including phenoxy) is 2. The summed E-state index contributed by atoms with van der Waals surface area (Å²) in [6.07, 6.45) is -0.332. The number of halogens is 1. The van der Waals surface area contributed by atoms with E-state index < -0.39 is 11.8 Å². The van der Waals surface area contributed by atoms with Crippen molar-refractivity contribution in [3.63, 3.8) is 0 Å². The second kappa shape index (κ2) is 8.61. The molecule has 1 atom stereocenters. The summed E-state index contributed by atoms with van der Waals surface area (Å²) in [5.41, 5.74) is 1.02. The van der Waals surface area contributed by atoms with E-state index in [4.69, 9.17) is 21.1 Å². The van der Waals surface area contributed by atoms with E-state index in [1.165, 1.54) is 0 Å². The lowest BCUT2D eigenvalue weighted by Gasteiger charge is -2.35. The van der Waals surface area contributed by atoms with Crippen LogP contribution >= 0.6 is 11.6 Å². The predicted octanol–water partition coefficient (Wildman–Crippen LogP) is 1.94. The molecule has 0 aliphatic carbocycles. The molecule has 2 aromatic rings. The number of para-hydroxylation sites is 2. The first kappa shape index (κ1) is 19.4. The number of nitrogens with zero attached hydrogens (tertiary/aromatic N) is 2. The molecule has 2 heterocycles. The highest BCUT2D eigenvalue weighted by atomic mass is 35.5. The predicted molar refractivity (Wildman–Crippen MR) is 110 cm³/mol. The summed E-state index contributed by atoms with van der Waals surface area (Å²) in [5.74, 6) is 0.182. The molecule has 8 heteroatoms. The number of hydrogen-bond acceptors (Lipinski definition) is 5. The normalized spacial score (nSPS) is 18.3. The van der Waals surface area contributed by atoms with Crippen molar-refractivity contribution in [3.8, 4) is 11.5 Å². The van der Waals surface area contributed by atoms with Gasteiger partial charge in [0.1, 0.15) is 12.7 Å². The number of hydrogen-bond donors (Lipinski definition) is 1. The van der Waals surface area contributed by atoms with E-state index in [1.54, 1.807) is 4.90 Å². The molecule has 1 unspecified atom stereocenters. The van der Waals surface area contributed by atoms with Gasteiger partial charge in [-0.2, -0.15) is 0 Å². The van der Waals surface area contributed by atoms with E-state index in [0.717, 1.165) is 5.69 Å². The lowest BCUT2D eigenvalue weighted by Crippen LogP contribution is -2.53. The van der Waals surface area contributed by atoms with Gasteiger partial charge in [-0.15, -0.1) is 0 Å². The first-order valence-electron chi connectivity index (χ1n) is 9.56. The summed E-state index contributed by atoms with van der Waals surface area (Å²) in [6, 6.07) is 15.0. The van der Waals surface area contributed by atoms with Gasteiger partial charge in [-0.3, -0.25) is 9.59 Å². The van der Waals surface area contributed by atoms with Crippen molar-refractivity contribution >= 4 is 29.1 Å². The largest absolute Gasteiger partial charge is 0.486 e. The molecule has 0 saturated carbocycles. The zero-order chi connectivity index (χ0) is 20.2. The van der Waals surface area contributed by atoms with Gasteiger partial charge in [0.25, 0.3) is 0 Å². The van der Waals surface area contributed by atoms with Crippen LogP contribution in [0.15, 0.2) is 48.5 Å². The Morgan fingerprint density at radius 2 is 1.79 bits per heavy atom. The molecule has 2 aliphatic rings. The molecule has 152 valence electrons. The van der Waals surface area contributed by atoms with Crippen LogP contribution < -0.4 is 19.7 Å². The number of carbonyl (C=O) groups is 2. The minimum Gasteiger partial charge on any atom is -0.486 e. The van der Waals surface area contributed by atoms with Crippen LogP contribution in [0.3, 0.4) is 0 Å². The number of anilines is 1. The molecule has 29 heavy (non-hydrogen) atoms. The fourth-order valence-corrected chi connectivity index (χ4v) is 3.61. The smallest absolute Gasteiger partial charge is 0.312 e. The third-order valence-electron chi connectivity index (χ3n) is 4.99. The summed E-state index contributed by atoms with van der Waals surface area (Å²) in [6.45, 7) is 2.79. The summed E-state index contributed by atoms with van der Waals surface area (Å²) in [4.78, 5) is 28.5. The van der Waals surface area contributed by atoms with E-state index in [2.05, 4.69) is 10.2 Å². The summed E-state index contributed by atoms with van der Waals surface area (Å²) >= 11 is 6.05. The van der Waals surface area contributed by atoms with Crippen LogP contribution in [0.4, 0.5) is 5.69 Å². The summed E-state index contributed by atoms with van der Waals surface area (Å²) < 4.78 is 11.4. The van der Waals surface area contributed by atoms with Gasteiger partial charge >= 0.3 is 11.8 Å². The maximum absolute atomic E-state index is 12.5. The highest BCUT2D eigenvalue weighted by molar-refractivity contribution is 6.35. The lowest BCUT2D eigenvalue weighted by atomic mass is 10.2. The first-order valence-corrected chi connectivity index (χ1v) is 9.94. The Morgan fingerprint density at radius 1 is 1.03 bits per heavy atom. The van der Waals surface area contributed by atoms with Crippen molar-refractivity contribution < 1.29 is 19.1 Å². The topological polar surface area (TPSA) is 71.1 Å². The Morgan fingerprint density at radius 3 is 2.55 bits per heavy atom. The standard InChI is InChI=1S/C21H22ClN3O4/c22-15-4-3-5-16(12-15)24-8-10-25(11-9-24)21(27)20(26)23-13-17-14-28-18-6-1-2-7-19(18)29-17/h1-7,12,17H,8-11,13-14H2,(H,23,26). The average molecular weight is 416 g/mol. The fraction of sp³-hybridized carbons (Fsp3) is 0.333. The summed E-state index contributed by atoms with van der Waals surface area (Å²) in [7, 11) is 0. The van der Waals surface area contributed by atoms with Crippen molar-refractivity contribution in [2.75, 3.05) is 44.2 Å². The zero-order valence-electron chi connectivity index (χ0n) is 15.8. The van der Waals surface area contributed by atoms with Gasteiger partial charge in [0.15, 0.2) is 11.5 Å². The third-order valence-corrected chi connectivity index (χ3v) is 5.23. The van der Waals surface area contributed by atoms with Crippen LogP contribution in [0.5, 0.6) is 11.5 Å². The molecule has 0 bridgehead atoms. The number of rotatable bonds is 3. The van der Waals surface area contributed by atoms with Gasteiger partial charge in [-0.25, -0.2) is 0 Å². The van der Waals surface area contributed by atoms with Crippen molar-refractivity contribution in [3.05, 3.63) is 53.6 Å². The van der Waals surface area contributed by atoms with E-state index in [-0.39, 0.29) is 12.6 Å². The first-order chi connectivity index (χ1) is 14.1. The van der Waals surface area contributed by atoms with Gasteiger partial charge in [0.2, 0.25) is 0 Å². The lowest BCUT2D eigenvalue weighted by molar-refractivity contribution is -0.146. The molecule has 2 aromatic carbocycles. The Bertz CT molecular complexity index is 899. The quantitative estimate of drug-likeness (QED) is 0.776. The number of piperazine rings is 1. The highest BCUT2D eigenvalue weighted by Crippen LogP contribution is 2.30. The van der Waals surface area contributed by atoms with Gasteiger partial charge in [0.05, 0.1) is 6.54 Å². The highest BCUT2D eigenvalue weighted by Gasteiger charge is 2.28. The monoisotopic (exact) mass is 415 g/mol. The van der Waals surface area contributed by atoms with Gasteiger partial charge in [-0.1, -0.05) is 29.8 Å². The average Bonchev–Trinajstić information content (AvgIpc) is 2.77. The Balaban J connectivity index is 1.24. The third kappa shape index (κ3) is 4.56. The Labute approximate surface area is 174 Å². The molecule has 1 fully saturated rings. The Hall–Kier alpha value is -2.93. The number of amides is 2. The van der Waals surface area contributed by atoms with Crippen LogP contribution in [0.1, 0.15) is 0 Å². The molecule has 2 aliphatic heterocycles. The molecule has 4 rings (SSSR count). The molecule has 7 nitrogen and oxygen atoms in total. The van der Waals surface area contributed by atoms with Gasteiger partial charge in [0, 0.05) is 36.9 Å². The number of nitrogens with one attached hydrogen (secondary N) is 1. The molecular formula is C21H22ClN3O4. The maximum Gasteiger partial charge on any atom is 0.312 e. The second-order valence-corrected chi connectivity index (χ2v) is 7.40. The van der Waals surface area contributed by atoms with Crippen molar-refractivity contribution in [1.29, 1.82) is 0 Å². The van der Waals surface area contributed by atoms with E-state index in [1.807, 2.05) is 48.5 Å². The fourth-order valence-electron chi connectivity index (χ4n) is 3.43. The van der Waals surface area contributed by atoms with E-state index >= 15 is 0 Å². The number of carbonyl (C=O) groups excluding carboxylic acids is 2. The molecular weight excluding hydrogens is 394 g/mol. The number of benzene rings is 2. The Kier molecular flexibility index (Phi) is 5.76. The van der Waals surface area contributed by atoms with E-state index in [9.17, 15) is 9.59 Å². The molecule has 1 N–H and O–H groups in total. The van der Waals surface area contributed by atoms with Gasteiger partial charge in [-0.05, 0) is 30.3 Å². The SMILES string of the molecule is O=C(NCC1COc2ccccc2O1)C(=O)N1CCN(c2cccc(Cl)c2)CC1. The number of fused-ring (bicyclic) bond motifs is 1. The molecule has 0 spiro atoms. The van der Waals surface area contributed by atoms with E-state index in [0.29, 0.717) is 49.3 Å². The van der Waals surface area contributed by atoms with Crippen LogP contribution in [0, 0.1) is 0 Å². The molecule has 1 saturated heterocycles. The van der Waals surface area contributed by atoms with Gasteiger partial charge < -0.3 is 24.6 Å². The van der Waals surface area contributed by atoms with Crippen LogP contribution in [-0.4, -0.2) is 62.1 Å². The van der Waals surface area contributed by atoms with Crippen LogP contribution in [0.25, 0.3) is 0 Å². The zero-order valence-corrected chi connectivity index (χ0v) is 16.6. The molecule has 2 amide bonds. The second-order valence-electron chi connectivity index (χ2n) is 6.97. The summed E-state index contributed by atoms with van der Waals surface area (Å²) in [5, 5.41) is 3.34. The minimum absolute atomic E-state index is 0.210. The van der Waals surface area contributed by atoms with Crippen molar-refractivity contribution in [1.82, 2.24) is 10.2 Å². The molecule has 0 aromatic heterocycles. The van der Waals surface area contributed by atoms with Crippen molar-refractivity contribution in [2.24, 2.45) is 0 Å². The van der Waals surface area contributed by atoms with Crippen molar-refractivity contribution in [2.45, 2.75) is 6.10 Å².